The van der Waals surface area contributed by atoms with Crippen molar-refractivity contribution in [3.05, 3.63) is 53.6 Å². The van der Waals surface area contributed by atoms with E-state index in [0.29, 0.717) is 11.5 Å². The summed E-state index contributed by atoms with van der Waals surface area (Å²) in [4.78, 5) is 21.8. The third-order valence-electron chi connectivity index (χ3n) is 6.47. The van der Waals surface area contributed by atoms with Crippen molar-refractivity contribution < 1.29 is 4.79 Å². The SMILES string of the molecule is Cl.Cl.N#Cc1ccc(Cn2cncc2CN2CCCN(C(=O)C3CCCCC3)CC2)cc1. The quantitative estimate of drug-likeness (QED) is 0.644. The lowest BCUT2D eigenvalue weighted by atomic mass is 9.88. The smallest absolute Gasteiger partial charge is 0.225 e. The Morgan fingerprint density at radius 1 is 0.969 bits per heavy atom. The molecule has 1 amide bonds. The fourth-order valence-corrected chi connectivity index (χ4v) is 4.69. The molecule has 2 heterocycles. The molecular formula is C24H33Cl2N5O. The second kappa shape index (κ2) is 12.8. The van der Waals surface area contributed by atoms with Gasteiger partial charge in [0.1, 0.15) is 0 Å². The zero-order valence-electron chi connectivity index (χ0n) is 18.5. The first kappa shape index (κ1) is 26.2. The van der Waals surface area contributed by atoms with Crippen molar-refractivity contribution in [2.24, 2.45) is 5.92 Å². The lowest BCUT2D eigenvalue weighted by molar-refractivity contribution is -0.136. The van der Waals surface area contributed by atoms with E-state index in [1.54, 1.807) is 0 Å². The molecule has 8 heteroatoms. The average molecular weight is 478 g/mol. The third-order valence-corrected chi connectivity index (χ3v) is 6.47. The van der Waals surface area contributed by atoms with Crippen LogP contribution in [0, 0.1) is 17.2 Å². The van der Waals surface area contributed by atoms with E-state index in [4.69, 9.17) is 5.26 Å². The molecule has 0 bridgehead atoms. The Kier molecular flexibility index (Phi) is 10.5. The maximum Gasteiger partial charge on any atom is 0.225 e. The molecule has 2 fully saturated rings. The van der Waals surface area contributed by atoms with Crippen molar-refractivity contribution in [3.8, 4) is 6.07 Å². The molecule has 1 aromatic heterocycles. The molecule has 0 atom stereocenters. The number of carbonyl (C=O) groups excluding carboxylic acids is 1. The van der Waals surface area contributed by atoms with Gasteiger partial charge in [-0.05, 0) is 37.0 Å². The van der Waals surface area contributed by atoms with Crippen LogP contribution in [0.4, 0.5) is 0 Å². The molecular weight excluding hydrogens is 445 g/mol. The highest BCUT2D eigenvalue weighted by molar-refractivity contribution is 5.85. The number of hydrogen-bond donors (Lipinski definition) is 0. The molecule has 32 heavy (non-hydrogen) atoms. The Balaban J connectivity index is 0.00000181. The molecule has 1 saturated heterocycles. The topological polar surface area (TPSA) is 65.2 Å². The highest BCUT2D eigenvalue weighted by atomic mass is 35.5. The summed E-state index contributed by atoms with van der Waals surface area (Å²) in [6, 6.07) is 9.89. The van der Waals surface area contributed by atoms with Crippen molar-refractivity contribution in [1.82, 2.24) is 19.4 Å². The first-order valence-electron chi connectivity index (χ1n) is 11.2. The summed E-state index contributed by atoms with van der Waals surface area (Å²) in [6.45, 7) is 5.25. The molecule has 0 radical (unpaired) electrons. The molecule has 0 N–H and O–H groups in total. The van der Waals surface area contributed by atoms with Gasteiger partial charge in [-0.1, -0.05) is 31.4 Å². The molecule has 174 valence electrons. The lowest BCUT2D eigenvalue weighted by Gasteiger charge is -2.28. The average Bonchev–Trinajstić information content (AvgIpc) is 3.08. The Bertz CT molecular complexity index is 887. The van der Waals surface area contributed by atoms with Gasteiger partial charge < -0.3 is 9.47 Å². The van der Waals surface area contributed by atoms with E-state index in [2.05, 4.69) is 25.4 Å². The number of rotatable bonds is 5. The van der Waals surface area contributed by atoms with Crippen molar-refractivity contribution in [2.45, 2.75) is 51.6 Å². The molecule has 1 aromatic carbocycles. The summed E-state index contributed by atoms with van der Waals surface area (Å²) in [5, 5.41) is 8.97. The molecule has 4 rings (SSSR count). The van der Waals surface area contributed by atoms with Gasteiger partial charge in [0.05, 0.1) is 23.7 Å². The summed E-state index contributed by atoms with van der Waals surface area (Å²) in [5.41, 5.74) is 3.03. The fourth-order valence-electron chi connectivity index (χ4n) is 4.69. The maximum absolute atomic E-state index is 12.9. The van der Waals surface area contributed by atoms with E-state index < -0.39 is 0 Å². The molecule has 1 aliphatic carbocycles. The van der Waals surface area contributed by atoms with Gasteiger partial charge >= 0.3 is 0 Å². The molecule has 1 saturated carbocycles. The number of amides is 1. The largest absolute Gasteiger partial charge is 0.341 e. The third kappa shape index (κ3) is 6.71. The van der Waals surface area contributed by atoms with Crippen LogP contribution in [-0.4, -0.2) is 51.4 Å². The number of carbonyl (C=O) groups is 1. The van der Waals surface area contributed by atoms with Crippen molar-refractivity contribution in [2.75, 3.05) is 26.2 Å². The number of hydrogen-bond acceptors (Lipinski definition) is 4. The number of nitrogens with zero attached hydrogens (tertiary/aromatic N) is 5. The molecule has 0 unspecified atom stereocenters. The van der Waals surface area contributed by atoms with Gasteiger partial charge in [-0.3, -0.25) is 9.69 Å². The number of nitriles is 1. The molecule has 6 nitrogen and oxygen atoms in total. The minimum atomic E-state index is 0. The van der Waals surface area contributed by atoms with Gasteiger partial charge in [0.15, 0.2) is 0 Å². The first-order chi connectivity index (χ1) is 14.7. The van der Waals surface area contributed by atoms with E-state index in [-0.39, 0.29) is 30.7 Å². The van der Waals surface area contributed by atoms with Gasteiger partial charge in [0.2, 0.25) is 5.91 Å². The Morgan fingerprint density at radius 3 is 2.44 bits per heavy atom. The highest BCUT2D eigenvalue weighted by Crippen LogP contribution is 2.26. The van der Waals surface area contributed by atoms with Gasteiger partial charge in [0, 0.05) is 51.4 Å². The van der Waals surface area contributed by atoms with Crippen LogP contribution in [0.5, 0.6) is 0 Å². The van der Waals surface area contributed by atoms with Gasteiger partial charge in [-0.15, -0.1) is 24.8 Å². The lowest BCUT2D eigenvalue weighted by Crippen LogP contribution is -2.39. The Morgan fingerprint density at radius 2 is 1.72 bits per heavy atom. The van der Waals surface area contributed by atoms with Crippen molar-refractivity contribution in [3.63, 3.8) is 0 Å². The monoisotopic (exact) mass is 477 g/mol. The Hall–Kier alpha value is -2.07. The van der Waals surface area contributed by atoms with E-state index in [1.807, 2.05) is 36.8 Å². The van der Waals surface area contributed by atoms with E-state index in [0.717, 1.165) is 64.1 Å². The highest BCUT2D eigenvalue weighted by Gasteiger charge is 2.27. The van der Waals surface area contributed by atoms with E-state index in [9.17, 15) is 4.79 Å². The van der Waals surface area contributed by atoms with Crippen LogP contribution in [-0.2, 0) is 17.9 Å². The number of aromatic nitrogens is 2. The summed E-state index contributed by atoms with van der Waals surface area (Å²) < 4.78 is 2.18. The predicted molar refractivity (Wildman–Crippen MR) is 130 cm³/mol. The summed E-state index contributed by atoms with van der Waals surface area (Å²) in [7, 11) is 0. The van der Waals surface area contributed by atoms with Crippen LogP contribution >= 0.6 is 24.8 Å². The van der Waals surface area contributed by atoms with Gasteiger partial charge in [-0.25, -0.2) is 4.98 Å². The maximum atomic E-state index is 12.9. The van der Waals surface area contributed by atoms with Gasteiger partial charge in [-0.2, -0.15) is 5.26 Å². The standard InChI is InChI=1S/C24H31N5O.2ClH/c25-15-20-7-9-21(10-8-20)17-29-19-26-16-23(29)18-27-11-4-12-28(14-13-27)24(30)22-5-2-1-3-6-22;;/h7-10,16,19,22H,1-6,11-14,17-18H2;2*1H. The van der Waals surface area contributed by atoms with Crippen LogP contribution in [0.15, 0.2) is 36.8 Å². The molecule has 2 aromatic rings. The molecule has 1 aliphatic heterocycles. The molecule has 0 spiro atoms. The van der Waals surface area contributed by atoms with E-state index >= 15 is 0 Å². The minimum Gasteiger partial charge on any atom is -0.341 e. The van der Waals surface area contributed by atoms with Crippen molar-refractivity contribution in [1.29, 1.82) is 5.26 Å². The van der Waals surface area contributed by atoms with E-state index in [1.165, 1.54) is 25.0 Å². The van der Waals surface area contributed by atoms with Crippen LogP contribution < -0.4 is 0 Å². The van der Waals surface area contributed by atoms with Crippen molar-refractivity contribution >= 4 is 30.7 Å². The number of halogens is 2. The number of benzene rings is 1. The normalized spacial score (nSPS) is 17.5. The van der Waals surface area contributed by atoms with Crippen LogP contribution in [0.3, 0.4) is 0 Å². The first-order valence-corrected chi connectivity index (χ1v) is 11.2. The molecule has 2 aliphatic rings. The number of imidazole rings is 1. The second-order valence-corrected chi connectivity index (χ2v) is 8.61. The zero-order valence-corrected chi connectivity index (χ0v) is 20.1. The van der Waals surface area contributed by atoms with Crippen LogP contribution in [0.25, 0.3) is 0 Å². The summed E-state index contributed by atoms with van der Waals surface area (Å²) in [5.74, 6) is 0.654. The zero-order chi connectivity index (χ0) is 20.8. The van der Waals surface area contributed by atoms with Crippen LogP contribution in [0.2, 0.25) is 0 Å². The van der Waals surface area contributed by atoms with Crippen LogP contribution in [0.1, 0.15) is 55.3 Å². The fraction of sp³-hybridized carbons (Fsp3) is 0.542. The minimum absolute atomic E-state index is 0. The second-order valence-electron chi connectivity index (χ2n) is 8.61. The summed E-state index contributed by atoms with van der Waals surface area (Å²) in [6.07, 6.45) is 10.7. The summed E-state index contributed by atoms with van der Waals surface area (Å²) >= 11 is 0. The van der Waals surface area contributed by atoms with Gasteiger partial charge in [0.25, 0.3) is 0 Å². The Labute approximate surface area is 203 Å². The predicted octanol–water partition coefficient (Wildman–Crippen LogP) is 4.26.